The van der Waals surface area contributed by atoms with Gasteiger partial charge >= 0.3 is 0 Å². The summed E-state index contributed by atoms with van der Waals surface area (Å²) < 4.78 is 13.1. The molecule has 0 unspecified atom stereocenters. The molecular formula is C24H18ClFN2O. The van der Waals surface area contributed by atoms with Gasteiger partial charge in [-0.25, -0.2) is 4.39 Å². The number of benzene rings is 3. The second-order valence-electron chi connectivity index (χ2n) is 6.78. The molecule has 0 saturated carbocycles. The number of hydrogen-bond donors (Lipinski definition) is 1. The van der Waals surface area contributed by atoms with Crippen LogP contribution in [0.2, 0.25) is 5.02 Å². The maximum Gasteiger partial charge on any atom is 0.254 e. The largest absolute Gasteiger partial charge is 0.348 e. The Kier molecular flexibility index (Phi) is 5.28. The average Bonchev–Trinajstić information content (AvgIpc) is 2.73. The summed E-state index contributed by atoms with van der Waals surface area (Å²) >= 11 is 6.24. The first kappa shape index (κ1) is 19.1. The van der Waals surface area contributed by atoms with E-state index >= 15 is 0 Å². The number of rotatable bonds is 4. The normalized spacial score (nSPS) is 10.9. The Labute approximate surface area is 173 Å². The number of carbonyl (C=O) groups excluding carboxylic acids is 1. The zero-order chi connectivity index (χ0) is 20.4. The van der Waals surface area contributed by atoms with E-state index in [0.29, 0.717) is 22.8 Å². The minimum atomic E-state index is -0.308. The topological polar surface area (TPSA) is 42.0 Å². The molecule has 1 aromatic heterocycles. The number of hydrogen-bond acceptors (Lipinski definition) is 2. The molecule has 3 nitrogen and oxygen atoms in total. The molecule has 1 amide bonds. The first-order chi connectivity index (χ1) is 14.0. The monoisotopic (exact) mass is 404 g/mol. The number of nitrogens with zero attached hydrogens (tertiary/aromatic N) is 1. The van der Waals surface area contributed by atoms with E-state index < -0.39 is 0 Å². The van der Waals surface area contributed by atoms with E-state index in [1.54, 1.807) is 18.2 Å². The van der Waals surface area contributed by atoms with E-state index in [0.717, 1.165) is 27.6 Å². The van der Waals surface area contributed by atoms with Gasteiger partial charge in [0.2, 0.25) is 0 Å². The molecule has 144 valence electrons. The summed E-state index contributed by atoms with van der Waals surface area (Å²) in [7, 11) is 0. The van der Waals surface area contributed by atoms with Crippen LogP contribution < -0.4 is 5.32 Å². The Hall–Kier alpha value is -3.24. The lowest BCUT2D eigenvalue weighted by Crippen LogP contribution is -2.25. The lowest BCUT2D eigenvalue weighted by atomic mass is 9.94. The highest BCUT2D eigenvalue weighted by Crippen LogP contribution is 2.34. The first-order valence-electron chi connectivity index (χ1n) is 9.21. The van der Waals surface area contributed by atoms with Crippen molar-refractivity contribution in [1.29, 1.82) is 0 Å². The molecule has 5 heteroatoms. The van der Waals surface area contributed by atoms with Gasteiger partial charge in [0, 0.05) is 22.5 Å². The molecule has 0 bridgehead atoms. The van der Waals surface area contributed by atoms with Crippen molar-refractivity contribution in [2.75, 3.05) is 0 Å². The molecular weight excluding hydrogens is 387 g/mol. The number of carbonyl (C=O) groups is 1. The number of aryl methyl sites for hydroxylation is 1. The number of pyridine rings is 1. The number of aromatic nitrogens is 1. The highest BCUT2D eigenvalue weighted by molar-refractivity contribution is 6.31. The van der Waals surface area contributed by atoms with E-state index in [9.17, 15) is 9.18 Å². The van der Waals surface area contributed by atoms with Crippen LogP contribution in [0.15, 0.2) is 72.8 Å². The zero-order valence-corrected chi connectivity index (χ0v) is 16.5. The first-order valence-corrected chi connectivity index (χ1v) is 9.58. The Morgan fingerprint density at radius 2 is 1.76 bits per heavy atom. The molecule has 0 aliphatic carbocycles. The van der Waals surface area contributed by atoms with Crippen molar-refractivity contribution in [3.8, 4) is 11.1 Å². The summed E-state index contributed by atoms with van der Waals surface area (Å²) in [6, 6.07) is 21.3. The maximum atomic E-state index is 13.2. The third kappa shape index (κ3) is 3.98. The van der Waals surface area contributed by atoms with Gasteiger partial charge in [-0.3, -0.25) is 9.78 Å². The van der Waals surface area contributed by atoms with Crippen LogP contribution >= 0.6 is 11.6 Å². The fourth-order valence-electron chi connectivity index (χ4n) is 3.41. The summed E-state index contributed by atoms with van der Waals surface area (Å²) in [4.78, 5) is 17.8. The molecule has 0 fully saturated rings. The summed E-state index contributed by atoms with van der Waals surface area (Å²) in [6.07, 6.45) is 0. The van der Waals surface area contributed by atoms with Gasteiger partial charge < -0.3 is 5.32 Å². The zero-order valence-electron chi connectivity index (χ0n) is 15.7. The van der Waals surface area contributed by atoms with Crippen LogP contribution in [-0.2, 0) is 6.54 Å². The summed E-state index contributed by atoms with van der Waals surface area (Å²) in [5.74, 6) is -0.544. The maximum absolute atomic E-state index is 13.2. The lowest BCUT2D eigenvalue weighted by molar-refractivity contribution is 0.0950. The molecule has 3 aromatic carbocycles. The number of halogens is 2. The third-order valence-electron chi connectivity index (χ3n) is 4.78. The molecule has 29 heavy (non-hydrogen) atoms. The van der Waals surface area contributed by atoms with E-state index in [1.807, 2.05) is 49.4 Å². The minimum Gasteiger partial charge on any atom is -0.348 e. The highest BCUT2D eigenvalue weighted by Gasteiger charge is 2.20. The standard InChI is InChI=1S/C24H18ClFN2O/c1-15-22(24(29)27-14-16-7-10-19(26)11-8-16)23(17-5-3-2-4-6-17)20-13-18(25)9-12-21(20)28-15/h2-13H,14H2,1H3,(H,27,29). The van der Waals surface area contributed by atoms with Crippen LogP contribution in [0.3, 0.4) is 0 Å². The summed E-state index contributed by atoms with van der Waals surface area (Å²) in [5, 5.41) is 4.33. The van der Waals surface area contributed by atoms with Crippen LogP contribution in [0.4, 0.5) is 4.39 Å². The van der Waals surface area contributed by atoms with Crippen molar-refractivity contribution in [3.63, 3.8) is 0 Å². The van der Waals surface area contributed by atoms with Crippen molar-refractivity contribution in [1.82, 2.24) is 10.3 Å². The van der Waals surface area contributed by atoms with Gasteiger partial charge in [0.05, 0.1) is 16.8 Å². The predicted molar refractivity (Wildman–Crippen MR) is 114 cm³/mol. The highest BCUT2D eigenvalue weighted by atomic mass is 35.5. The lowest BCUT2D eigenvalue weighted by Gasteiger charge is -2.16. The van der Waals surface area contributed by atoms with Gasteiger partial charge in [0.25, 0.3) is 5.91 Å². The van der Waals surface area contributed by atoms with Gasteiger partial charge in [0.1, 0.15) is 5.82 Å². The molecule has 4 rings (SSSR count). The van der Waals surface area contributed by atoms with Crippen molar-refractivity contribution >= 4 is 28.4 Å². The fraction of sp³-hybridized carbons (Fsp3) is 0.0833. The van der Waals surface area contributed by atoms with E-state index in [4.69, 9.17) is 11.6 Å². The van der Waals surface area contributed by atoms with E-state index in [2.05, 4.69) is 10.3 Å². The summed E-state index contributed by atoms with van der Waals surface area (Å²) in [6.45, 7) is 2.12. The van der Waals surface area contributed by atoms with Gasteiger partial charge in [-0.05, 0) is 48.4 Å². The predicted octanol–water partition coefficient (Wildman–Crippen LogP) is 5.93. The molecule has 0 spiro atoms. The molecule has 0 radical (unpaired) electrons. The van der Waals surface area contributed by atoms with Crippen LogP contribution in [-0.4, -0.2) is 10.9 Å². The van der Waals surface area contributed by atoms with Crippen LogP contribution in [0.25, 0.3) is 22.0 Å². The van der Waals surface area contributed by atoms with Gasteiger partial charge in [-0.15, -0.1) is 0 Å². The van der Waals surface area contributed by atoms with Gasteiger partial charge in [-0.2, -0.15) is 0 Å². The molecule has 0 atom stereocenters. The number of nitrogens with one attached hydrogen (secondary N) is 1. The second-order valence-corrected chi connectivity index (χ2v) is 7.22. The van der Waals surface area contributed by atoms with E-state index in [1.165, 1.54) is 12.1 Å². The molecule has 1 N–H and O–H groups in total. The SMILES string of the molecule is Cc1nc2ccc(Cl)cc2c(-c2ccccc2)c1C(=O)NCc1ccc(F)cc1. The average molecular weight is 405 g/mol. The Bertz CT molecular complexity index is 1190. The van der Waals surface area contributed by atoms with E-state index in [-0.39, 0.29) is 11.7 Å². The van der Waals surface area contributed by atoms with Crippen molar-refractivity contribution in [3.05, 3.63) is 100 Å². The molecule has 0 aliphatic heterocycles. The molecule has 0 saturated heterocycles. The summed E-state index contributed by atoms with van der Waals surface area (Å²) in [5.41, 5.74) is 4.45. The quantitative estimate of drug-likeness (QED) is 0.458. The van der Waals surface area contributed by atoms with Crippen molar-refractivity contribution in [2.45, 2.75) is 13.5 Å². The Balaban J connectivity index is 1.81. The van der Waals surface area contributed by atoms with Crippen molar-refractivity contribution in [2.24, 2.45) is 0 Å². The van der Waals surface area contributed by atoms with Gasteiger partial charge in [-0.1, -0.05) is 54.1 Å². The van der Waals surface area contributed by atoms with Crippen LogP contribution in [0, 0.1) is 12.7 Å². The minimum absolute atomic E-state index is 0.236. The van der Waals surface area contributed by atoms with Crippen LogP contribution in [0.5, 0.6) is 0 Å². The van der Waals surface area contributed by atoms with Gasteiger partial charge in [0.15, 0.2) is 0 Å². The number of amides is 1. The van der Waals surface area contributed by atoms with Crippen LogP contribution in [0.1, 0.15) is 21.6 Å². The number of fused-ring (bicyclic) bond motifs is 1. The molecule has 0 aliphatic rings. The fourth-order valence-corrected chi connectivity index (χ4v) is 3.59. The Morgan fingerprint density at radius 3 is 2.48 bits per heavy atom. The molecule has 1 heterocycles. The smallest absolute Gasteiger partial charge is 0.254 e. The Morgan fingerprint density at radius 1 is 1.03 bits per heavy atom. The second kappa shape index (κ2) is 8.02. The third-order valence-corrected chi connectivity index (χ3v) is 5.02. The molecule has 4 aromatic rings. The van der Waals surface area contributed by atoms with Crippen molar-refractivity contribution < 1.29 is 9.18 Å².